The van der Waals surface area contributed by atoms with Gasteiger partial charge in [0, 0.05) is 24.0 Å². The summed E-state index contributed by atoms with van der Waals surface area (Å²) >= 11 is 1.51. The van der Waals surface area contributed by atoms with Gasteiger partial charge in [-0.15, -0.1) is 11.3 Å². The highest BCUT2D eigenvalue weighted by molar-refractivity contribution is 7.13. The molecule has 0 aromatic carbocycles. The Morgan fingerprint density at radius 2 is 2.29 bits per heavy atom. The lowest BCUT2D eigenvalue weighted by Crippen LogP contribution is -2.30. The van der Waals surface area contributed by atoms with Crippen molar-refractivity contribution in [1.82, 2.24) is 15.3 Å². The molecule has 2 heterocycles. The van der Waals surface area contributed by atoms with E-state index in [-0.39, 0.29) is 11.9 Å². The topological polar surface area (TPSA) is 54.9 Å². The van der Waals surface area contributed by atoms with Crippen LogP contribution < -0.4 is 5.32 Å². The normalized spacial score (nSPS) is 10.5. The lowest BCUT2D eigenvalue weighted by Gasteiger charge is -2.08. The Labute approximate surface area is 104 Å². The first kappa shape index (κ1) is 11.7. The standard InChI is InChI=1S/C12H13N3OS/c1-8(2)15-12(16)9-3-4-14-10(5-9)11-6-13-7-17-11/h3-8H,1-2H3,(H,15,16). The fraction of sp³-hybridized carbons (Fsp3) is 0.250. The summed E-state index contributed by atoms with van der Waals surface area (Å²) in [5.74, 6) is -0.0758. The van der Waals surface area contributed by atoms with E-state index in [1.165, 1.54) is 11.3 Å². The van der Waals surface area contributed by atoms with Crippen LogP contribution >= 0.6 is 11.3 Å². The second-order valence-electron chi connectivity index (χ2n) is 3.92. The average Bonchev–Trinajstić information content (AvgIpc) is 2.82. The zero-order valence-corrected chi connectivity index (χ0v) is 10.5. The Morgan fingerprint density at radius 1 is 1.47 bits per heavy atom. The molecular weight excluding hydrogens is 234 g/mol. The molecule has 0 aliphatic rings. The zero-order valence-electron chi connectivity index (χ0n) is 9.68. The molecule has 0 fully saturated rings. The summed E-state index contributed by atoms with van der Waals surface area (Å²) in [6, 6.07) is 3.62. The molecule has 1 N–H and O–H groups in total. The number of carbonyl (C=O) groups is 1. The first-order chi connectivity index (χ1) is 8.16. The summed E-state index contributed by atoms with van der Waals surface area (Å²) in [4.78, 5) is 21.0. The number of nitrogens with one attached hydrogen (secondary N) is 1. The average molecular weight is 247 g/mol. The van der Waals surface area contributed by atoms with Crippen molar-refractivity contribution in [2.75, 3.05) is 0 Å². The van der Waals surface area contributed by atoms with Crippen molar-refractivity contribution in [3.63, 3.8) is 0 Å². The summed E-state index contributed by atoms with van der Waals surface area (Å²) in [5.41, 5.74) is 3.15. The van der Waals surface area contributed by atoms with Crippen LogP contribution in [-0.4, -0.2) is 21.9 Å². The van der Waals surface area contributed by atoms with Gasteiger partial charge in [0.1, 0.15) is 0 Å². The van der Waals surface area contributed by atoms with Crippen molar-refractivity contribution in [2.45, 2.75) is 19.9 Å². The van der Waals surface area contributed by atoms with E-state index in [2.05, 4.69) is 15.3 Å². The Hall–Kier alpha value is -1.75. The number of thiazole rings is 1. The minimum Gasteiger partial charge on any atom is -0.350 e. The summed E-state index contributed by atoms with van der Waals surface area (Å²) in [6.07, 6.45) is 3.39. The van der Waals surface area contributed by atoms with E-state index in [1.807, 2.05) is 13.8 Å². The van der Waals surface area contributed by atoms with Crippen LogP contribution in [0.2, 0.25) is 0 Å². The van der Waals surface area contributed by atoms with Crippen molar-refractivity contribution < 1.29 is 4.79 Å². The Morgan fingerprint density at radius 3 is 2.94 bits per heavy atom. The van der Waals surface area contributed by atoms with Crippen LogP contribution in [0.15, 0.2) is 30.0 Å². The van der Waals surface area contributed by atoms with Crippen LogP contribution in [0.3, 0.4) is 0 Å². The minimum absolute atomic E-state index is 0.0758. The second kappa shape index (κ2) is 5.05. The lowest BCUT2D eigenvalue weighted by molar-refractivity contribution is 0.0943. The van der Waals surface area contributed by atoms with Gasteiger partial charge in [0.25, 0.3) is 5.91 Å². The molecule has 0 aliphatic carbocycles. The van der Waals surface area contributed by atoms with Gasteiger partial charge in [-0.3, -0.25) is 14.8 Å². The van der Waals surface area contributed by atoms with E-state index < -0.39 is 0 Å². The first-order valence-corrected chi connectivity index (χ1v) is 6.20. The Balaban J connectivity index is 2.26. The van der Waals surface area contributed by atoms with E-state index in [0.29, 0.717) is 5.56 Å². The van der Waals surface area contributed by atoms with Gasteiger partial charge in [-0.2, -0.15) is 0 Å². The monoisotopic (exact) mass is 247 g/mol. The molecule has 2 aromatic rings. The van der Waals surface area contributed by atoms with Crippen LogP contribution in [0.5, 0.6) is 0 Å². The highest BCUT2D eigenvalue weighted by Crippen LogP contribution is 2.21. The molecule has 0 saturated heterocycles. The molecule has 17 heavy (non-hydrogen) atoms. The molecular formula is C12H13N3OS. The van der Waals surface area contributed by atoms with E-state index >= 15 is 0 Å². The van der Waals surface area contributed by atoms with E-state index in [1.54, 1.807) is 30.0 Å². The number of amides is 1. The largest absolute Gasteiger partial charge is 0.350 e. The molecule has 88 valence electrons. The van der Waals surface area contributed by atoms with Crippen molar-refractivity contribution in [2.24, 2.45) is 0 Å². The fourth-order valence-electron chi connectivity index (χ4n) is 1.39. The maximum Gasteiger partial charge on any atom is 0.251 e. The number of pyridine rings is 1. The molecule has 0 saturated carbocycles. The Bertz CT molecular complexity index is 508. The summed E-state index contributed by atoms with van der Waals surface area (Å²) in [7, 11) is 0. The van der Waals surface area contributed by atoms with Crippen molar-refractivity contribution in [3.05, 3.63) is 35.6 Å². The van der Waals surface area contributed by atoms with Crippen LogP contribution in [0, 0.1) is 0 Å². The van der Waals surface area contributed by atoms with Crippen molar-refractivity contribution in [3.8, 4) is 10.6 Å². The third-order valence-corrected chi connectivity index (χ3v) is 2.92. The molecule has 2 aromatic heterocycles. The van der Waals surface area contributed by atoms with Gasteiger partial charge in [0.05, 0.1) is 16.1 Å². The highest BCUT2D eigenvalue weighted by atomic mass is 32.1. The Kier molecular flexibility index (Phi) is 3.49. The summed E-state index contributed by atoms with van der Waals surface area (Å²) in [5, 5.41) is 2.85. The minimum atomic E-state index is -0.0758. The van der Waals surface area contributed by atoms with Gasteiger partial charge in [-0.05, 0) is 26.0 Å². The van der Waals surface area contributed by atoms with Crippen LogP contribution in [0.25, 0.3) is 10.6 Å². The number of hydrogen-bond acceptors (Lipinski definition) is 4. The predicted octanol–water partition coefficient (Wildman–Crippen LogP) is 2.34. The molecule has 2 rings (SSSR count). The molecule has 4 nitrogen and oxygen atoms in total. The third-order valence-electron chi connectivity index (χ3n) is 2.13. The van der Waals surface area contributed by atoms with Gasteiger partial charge in [0.2, 0.25) is 0 Å². The quantitative estimate of drug-likeness (QED) is 0.905. The number of carbonyl (C=O) groups excluding carboxylic acids is 1. The summed E-state index contributed by atoms with van der Waals surface area (Å²) < 4.78 is 0. The van der Waals surface area contributed by atoms with Crippen LogP contribution in [0.4, 0.5) is 0 Å². The highest BCUT2D eigenvalue weighted by Gasteiger charge is 2.09. The SMILES string of the molecule is CC(C)NC(=O)c1ccnc(-c2cncs2)c1. The maximum atomic E-state index is 11.8. The van der Waals surface area contributed by atoms with Crippen LogP contribution in [0.1, 0.15) is 24.2 Å². The number of rotatable bonds is 3. The van der Waals surface area contributed by atoms with E-state index in [4.69, 9.17) is 0 Å². The van der Waals surface area contributed by atoms with E-state index in [0.717, 1.165) is 10.6 Å². The molecule has 5 heteroatoms. The molecule has 0 spiro atoms. The van der Waals surface area contributed by atoms with Crippen molar-refractivity contribution >= 4 is 17.2 Å². The van der Waals surface area contributed by atoms with Gasteiger partial charge >= 0.3 is 0 Å². The maximum absolute atomic E-state index is 11.8. The molecule has 0 aliphatic heterocycles. The third kappa shape index (κ3) is 2.88. The lowest BCUT2D eigenvalue weighted by atomic mass is 10.2. The smallest absolute Gasteiger partial charge is 0.251 e. The zero-order chi connectivity index (χ0) is 12.3. The molecule has 0 unspecified atom stereocenters. The predicted molar refractivity (Wildman–Crippen MR) is 67.9 cm³/mol. The van der Waals surface area contributed by atoms with Crippen LogP contribution in [-0.2, 0) is 0 Å². The number of hydrogen-bond donors (Lipinski definition) is 1. The molecule has 0 atom stereocenters. The van der Waals surface area contributed by atoms with Gasteiger partial charge in [-0.25, -0.2) is 0 Å². The fourth-order valence-corrected chi connectivity index (χ4v) is 1.98. The molecule has 0 radical (unpaired) electrons. The second-order valence-corrected chi connectivity index (χ2v) is 4.81. The van der Waals surface area contributed by atoms with Gasteiger partial charge < -0.3 is 5.32 Å². The first-order valence-electron chi connectivity index (χ1n) is 5.32. The number of aromatic nitrogens is 2. The van der Waals surface area contributed by atoms with E-state index in [9.17, 15) is 4.79 Å². The molecule has 1 amide bonds. The van der Waals surface area contributed by atoms with Gasteiger partial charge in [-0.1, -0.05) is 0 Å². The van der Waals surface area contributed by atoms with Crippen molar-refractivity contribution in [1.29, 1.82) is 0 Å². The molecule has 0 bridgehead atoms. The van der Waals surface area contributed by atoms with Gasteiger partial charge in [0.15, 0.2) is 0 Å². The number of nitrogens with zero attached hydrogens (tertiary/aromatic N) is 2. The summed E-state index contributed by atoms with van der Waals surface area (Å²) in [6.45, 7) is 3.87.